The Balaban J connectivity index is 1.20. The topological polar surface area (TPSA) is 99.2 Å². The average Bonchev–Trinajstić information content (AvgIpc) is 3.13. The fraction of sp³-hybridized carbons (Fsp3) is 0.342. The Morgan fingerprint density at radius 2 is 1.68 bits per heavy atom. The van der Waals surface area contributed by atoms with Crippen molar-refractivity contribution < 1.29 is 32.9 Å². The van der Waals surface area contributed by atoms with E-state index < -0.39 is 29.9 Å². The molecule has 262 valence electrons. The van der Waals surface area contributed by atoms with E-state index in [1.54, 1.807) is 48.5 Å². The number of nitrogens with zero attached hydrogens (tertiary/aromatic N) is 2. The van der Waals surface area contributed by atoms with E-state index >= 15 is 0 Å². The van der Waals surface area contributed by atoms with Gasteiger partial charge < -0.3 is 18.9 Å². The first-order valence-electron chi connectivity index (χ1n) is 16.4. The second-order valence-corrected chi connectivity index (χ2v) is 13.3. The van der Waals surface area contributed by atoms with Crippen LogP contribution in [0.5, 0.6) is 11.5 Å². The van der Waals surface area contributed by atoms with E-state index in [0.717, 1.165) is 25.9 Å². The molecule has 0 amide bonds. The minimum absolute atomic E-state index is 0.166. The molecule has 1 aromatic heterocycles. The summed E-state index contributed by atoms with van der Waals surface area (Å²) in [5, 5.41) is 3.93. The molecule has 1 N–H and O–H groups in total. The molecule has 3 aliphatic heterocycles. The summed E-state index contributed by atoms with van der Waals surface area (Å²) in [5.74, 6) is -0.189. The second-order valence-electron chi connectivity index (χ2n) is 12.5. The van der Waals surface area contributed by atoms with Gasteiger partial charge in [0.25, 0.3) is 0 Å². The molecule has 7 rings (SSSR count). The molecule has 2 bridgehead atoms. The molecular weight excluding hydrogens is 684 g/mol. The SMILES string of the molecule is COc1ccc(C(Cc2c(Cl)cncc2Cl)OC(=O)c2cccc(CNC(C(=O)OC3CN4CCC3CC4)c3cccc(F)c3)c2)cc1OC. The number of pyridine rings is 1. The van der Waals surface area contributed by atoms with Gasteiger partial charge in [0.15, 0.2) is 11.5 Å². The third-order valence-electron chi connectivity index (χ3n) is 9.32. The summed E-state index contributed by atoms with van der Waals surface area (Å²) in [6.07, 6.45) is 4.12. The van der Waals surface area contributed by atoms with Gasteiger partial charge in [0.1, 0.15) is 24.1 Å². The Morgan fingerprint density at radius 3 is 2.36 bits per heavy atom. The van der Waals surface area contributed by atoms with Crippen LogP contribution in [0.4, 0.5) is 4.39 Å². The summed E-state index contributed by atoms with van der Waals surface area (Å²) in [7, 11) is 3.06. The number of fused-ring (bicyclic) bond motifs is 3. The molecule has 3 unspecified atom stereocenters. The lowest BCUT2D eigenvalue weighted by atomic mass is 9.86. The summed E-state index contributed by atoms with van der Waals surface area (Å²) in [6.45, 7) is 2.94. The first kappa shape index (κ1) is 35.6. The van der Waals surface area contributed by atoms with Crippen molar-refractivity contribution in [1.82, 2.24) is 15.2 Å². The largest absolute Gasteiger partial charge is 0.493 e. The monoisotopic (exact) mass is 721 g/mol. The zero-order chi connectivity index (χ0) is 35.2. The Morgan fingerprint density at radius 1 is 0.940 bits per heavy atom. The van der Waals surface area contributed by atoms with Gasteiger partial charge in [0.05, 0.1) is 29.8 Å². The zero-order valence-corrected chi connectivity index (χ0v) is 29.3. The van der Waals surface area contributed by atoms with Crippen LogP contribution < -0.4 is 14.8 Å². The van der Waals surface area contributed by atoms with Crippen molar-refractivity contribution in [2.45, 2.75) is 44.1 Å². The molecule has 0 saturated carbocycles. The number of aromatic nitrogens is 1. The highest BCUT2D eigenvalue weighted by Gasteiger charge is 2.38. The van der Waals surface area contributed by atoms with Gasteiger partial charge in [0.2, 0.25) is 0 Å². The fourth-order valence-electron chi connectivity index (χ4n) is 6.61. The third-order valence-corrected chi connectivity index (χ3v) is 9.98. The van der Waals surface area contributed by atoms with Gasteiger partial charge in [-0.1, -0.05) is 53.5 Å². The smallest absolute Gasteiger partial charge is 0.338 e. The first-order valence-corrected chi connectivity index (χ1v) is 17.2. The second kappa shape index (κ2) is 16.2. The minimum Gasteiger partial charge on any atom is -0.493 e. The highest BCUT2D eigenvalue weighted by atomic mass is 35.5. The summed E-state index contributed by atoms with van der Waals surface area (Å²) < 4.78 is 37.3. The number of rotatable bonds is 13. The number of carbonyl (C=O) groups is 2. The van der Waals surface area contributed by atoms with Crippen molar-refractivity contribution in [3.63, 3.8) is 0 Å². The van der Waals surface area contributed by atoms with E-state index in [2.05, 4.69) is 15.2 Å². The van der Waals surface area contributed by atoms with Crippen LogP contribution in [0.2, 0.25) is 10.0 Å². The number of hydrogen-bond donors (Lipinski definition) is 1. The first-order chi connectivity index (χ1) is 24.2. The van der Waals surface area contributed by atoms with Crippen molar-refractivity contribution in [3.05, 3.63) is 123 Å². The van der Waals surface area contributed by atoms with Crippen LogP contribution in [0.3, 0.4) is 0 Å². The maximum Gasteiger partial charge on any atom is 0.338 e. The van der Waals surface area contributed by atoms with Crippen LogP contribution in [0.25, 0.3) is 0 Å². The summed E-state index contributed by atoms with van der Waals surface area (Å²) in [6, 6.07) is 17.2. The van der Waals surface area contributed by atoms with Crippen molar-refractivity contribution in [1.29, 1.82) is 0 Å². The van der Waals surface area contributed by atoms with Crippen LogP contribution in [0.1, 0.15) is 57.6 Å². The number of methoxy groups -OCH3 is 2. The Labute approximate surface area is 300 Å². The molecule has 50 heavy (non-hydrogen) atoms. The van der Waals surface area contributed by atoms with E-state index in [1.165, 1.54) is 38.7 Å². The van der Waals surface area contributed by atoms with E-state index in [9.17, 15) is 14.0 Å². The van der Waals surface area contributed by atoms with E-state index in [4.69, 9.17) is 42.1 Å². The van der Waals surface area contributed by atoms with Gasteiger partial charge in [-0.3, -0.25) is 15.2 Å². The molecule has 3 aromatic carbocycles. The molecule has 12 heteroatoms. The molecule has 0 radical (unpaired) electrons. The van der Waals surface area contributed by atoms with Gasteiger partial charge in [0, 0.05) is 31.9 Å². The predicted octanol–water partition coefficient (Wildman–Crippen LogP) is 7.15. The van der Waals surface area contributed by atoms with Crippen molar-refractivity contribution >= 4 is 35.1 Å². The number of benzene rings is 3. The van der Waals surface area contributed by atoms with Crippen molar-refractivity contribution in [3.8, 4) is 11.5 Å². The molecular formula is C38H38Cl2FN3O6. The van der Waals surface area contributed by atoms with Crippen LogP contribution in [-0.4, -0.2) is 61.8 Å². The van der Waals surface area contributed by atoms with Crippen LogP contribution >= 0.6 is 23.2 Å². The molecule has 0 spiro atoms. The summed E-state index contributed by atoms with van der Waals surface area (Å²) in [4.78, 5) is 33.6. The standard InChI is InChI=1S/C38H38Cl2FN3O6/c1-47-32-10-9-25(17-34(32)48-2)33(18-29-30(39)20-42-21-31(29)40)49-37(45)27-7-3-5-23(15-27)19-43-36(26-6-4-8-28(41)16-26)38(46)50-35-22-44-13-11-24(35)12-14-44/h3-10,15-17,20-21,24,33,35-36,43H,11-14,18-19,22H2,1-2H3. The lowest BCUT2D eigenvalue weighted by Gasteiger charge is -2.44. The minimum atomic E-state index is -0.916. The van der Waals surface area contributed by atoms with Gasteiger partial charge in [-0.05, 0) is 90.5 Å². The lowest BCUT2D eigenvalue weighted by Crippen LogP contribution is -2.52. The van der Waals surface area contributed by atoms with Gasteiger partial charge in [-0.15, -0.1) is 0 Å². The molecule has 3 saturated heterocycles. The summed E-state index contributed by atoms with van der Waals surface area (Å²) >= 11 is 12.9. The van der Waals surface area contributed by atoms with Crippen LogP contribution in [-0.2, 0) is 27.2 Å². The maximum atomic E-state index is 14.3. The zero-order valence-electron chi connectivity index (χ0n) is 27.7. The molecule has 3 aliphatic rings. The molecule has 0 aliphatic carbocycles. The lowest BCUT2D eigenvalue weighted by molar-refractivity contribution is -0.161. The van der Waals surface area contributed by atoms with E-state index in [-0.39, 0.29) is 19.1 Å². The number of piperidine rings is 3. The van der Waals surface area contributed by atoms with Crippen molar-refractivity contribution in [2.75, 3.05) is 33.9 Å². The molecule has 4 heterocycles. The Hall–Kier alpha value is -4.22. The number of ether oxygens (including phenoxy) is 4. The van der Waals surface area contributed by atoms with E-state index in [1.807, 2.05) is 6.07 Å². The fourth-order valence-corrected chi connectivity index (χ4v) is 7.13. The van der Waals surface area contributed by atoms with Crippen molar-refractivity contribution in [2.24, 2.45) is 5.92 Å². The molecule has 9 nitrogen and oxygen atoms in total. The number of hydrogen-bond acceptors (Lipinski definition) is 9. The van der Waals surface area contributed by atoms with Gasteiger partial charge >= 0.3 is 11.9 Å². The van der Waals surface area contributed by atoms with E-state index in [0.29, 0.717) is 61.8 Å². The Kier molecular flexibility index (Phi) is 11.5. The van der Waals surface area contributed by atoms with Crippen LogP contribution in [0.15, 0.2) is 79.1 Å². The average molecular weight is 723 g/mol. The summed E-state index contributed by atoms with van der Waals surface area (Å²) in [5.41, 5.74) is 2.66. The maximum absolute atomic E-state index is 14.3. The Bertz CT molecular complexity index is 1820. The highest BCUT2D eigenvalue weighted by Crippen LogP contribution is 2.36. The molecule has 3 fully saturated rings. The third kappa shape index (κ3) is 8.38. The molecule has 3 atom stereocenters. The number of carbonyl (C=O) groups excluding carboxylic acids is 2. The van der Waals surface area contributed by atoms with Gasteiger partial charge in [-0.25, -0.2) is 14.0 Å². The van der Waals surface area contributed by atoms with Crippen LogP contribution in [0, 0.1) is 11.7 Å². The van der Waals surface area contributed by atoms with Gasteiger partial charge in [-0.2, -0.15) is 0 Å². The quantitative estimate of drug-likeness (QED) is 0.144. The molecule has 4 aromatic rings. The highest BCUT2D eigenvalue weighted by molar-refractivity contribution is 6.35. The predicted molar refractivity (Wildman–Crippen MR) is 187 cm³/mol. The number of nitrogens with one attached hydrogen (secondary N) is 1. The number of esters is 2. The normalized spacial score (nSPS) is 19.3. The number of halogens is 3.